The van der Waals surface area contributed by atoms with Crippen molar-refractivity contribution in [1.82, 2.24) is 15.2 Å². The van der Waals surface area contributed by atoms with E-state index < -0.39 is 33.4 Å². The monoisotopic (exact) mass is 554 g/mol. The molecule has 2 N–H and O–H groups in total. The molecule has 2 aliphatic heterocycles. The number of nitrogens with one attached hydrogen (secondary N) is 2. The molecule has 1 aromatic heterocycles. The Balaban J connectivity index is 1.60. The Bertz CT molecular complexity index is 1700. The average molecular weight is 555 g/mol. The number of amides is 1. The number of pyridine rings is 1. The normalized spacial score (nSPS) is 22.7. The first-order valence-electron chi connectivity index (χ1n) is 12.7. The van der Waals surface area contributed by atoms with Crippen LogP contribution in [0.5, 0.6) is 0 Å². The Morgan fingerprint density at radius 2 is 1.97 bits per heavy atom. The number of halogens is 2. The Hall–Kier alpha value is -3.73. The number of carbonyl (C=O) groups is 1. The smallest absolute Gasteiger partial charge is 0.260 e. The summed E-state index contributed by atoms with van der Waals surface area (Å²) in [4.78, 5) is 28.7. The predicted octanol–water partition coefficient (Wildman–Crippen LogP) is 2.48. The third-order valence-electron chi connectivity index (χ3n) is 7.90. The van der Waals surface area contributed by atoms with E-state index in [0.717, 1.165) is 31.2 Å². The summed E-state index contributed by atoms with van der Waals surface area (Å²) in [5.41, 5.74) is 2.28. The summed E-state index contributed by atoms with van der Waals surface area (Å²) < 4.78 is 55.2. The fourth-order valence-corrected chi connectivity index (χ4v) is 6.51. The van der Waals surface area contributed by atoms with Crippen molar-refractivity contribution in [2.24, 2.45) is 13.0 Å². The number of nitrogens with zero attached hydrogens (tertiary/aromatic N) is 2. The van der Waals surface area contributed by atoms with Gasteiger partial charge in [0.25, 0.3) is 5.56 Å². The van der Waals surface area contributed by atoms with E-state index in [1.54, 1.807) is 36.5 Å². The average Bonchev–Trinajstić information content (AvgIpc) is 3.48. The van der Waals surface area contributed by atoms with Gasteiger partial charge in [-0.25, -0.2) is 17.2 Å². The summed E-state index contributed by atoms with van der Waals surface area (Å²) in [7, 11) is -1.89. The molecule has 1 saturated carbocycles. The molecule has 11 heteroatoms. The van der Waals surface area contributed by atoms with E-state index in [1.807, 2.05) is 6.92 Å². The number of sulfone groups is 1. The maximum atomic E-state index is 15.2. The fourth-order valence-electron chi connectivity index (χ4n) is 5.71. The maximum Gasteiger partial charge on any atom is 0.260 e. The Morgan fingerprint density at radius 1 is 1.23 bits per heavy atom. The first kappa shape index (κ1) is 25.5. The predicted molar refractivity (Wildman–Crippen MR) is 144 cm³/mol. The number of allylic oxidation sites excluding steroid dienone is 1. The van der Waals surface area contributed by atoms with Crippen molar-refractivity contribution in [3.63, 3.8) is 0 Å². The van der Waals surface area contributed by atoms with Gasteiger partial charge in [0.1, 0.15) is 11.6 Å². The molecule has 2 unspecified atom stereocenters. The maximum absolute atomic E-state index is 15.2. The number of rotatable bonds is 5. The highest BCUT2D eigenvalue weighted by Crippen LogP contribution is 2.46. The highest BCUT2D eigenvalue weighted by atomic mass is 32.2. The molecule has 204 valence electrons. The highest BCUT2D eigenvalue weighted by Gasteiger charge is 2.49. The van der Waals surface area contributed by atoms with Crippen LogP contribution >= 0.6 is 0 Å². The van der Waals surface area contributed by atoms with Crippen molar-refractivity contribution in [3.05, 3.63) is 87.0 Å². The molecule has 1 amide bonds. The van der Waals surface area contributed by atoms with Crippen LogP contribution in [-0.4, -0.2) is 49.0 Å². The first-order valence-corrected chi connectivity index (χ1v) is 14.8. The number of aryl methyl sites for hydroxylation is 1. The van der Waals surface area contributed by atoms with Gasteiger partial charge in [-0.3, -0.25) is 9.59 Å². The number of fused-ring (bicyclic) bond motifs is 2. The van der Waals surface area contributed by atoms with Crippen LogP contribution in [0.4, 0.5) is 14.5 Å². The van der Waals surface area contributed by atoms with E-state index in [1.165, 1.54) is 10.6 Å². The van der Waals surface area contributed by atoms with Crippen molar-refractivity contribution >= 4 is 32.7 Å². The van der Waals surface area contributed by atoms with Gasteiger partial charge < -0.3 is 20.1 Å². The summed E-state index contributed by atoms with van der Waals surface area (Å²) in [5.74, 6) is -2.74. The molecule has 3 heterocycles. The SMILES string of the molecule is Cn1ccc2c(c1=O)C1=C3C(=CN(c4ccc(F)cc4F)C3C(C(=O)NC3(C)CC3)CN1)C=C2CS(C)(=O)=O. The second-order valence-electron chi connectivity index (χ2n) is 11.1. The summed E-state index contributed by atoms with van der Waals surface area (Å²) >= 11 is 0. The summed E-state index contributed by atoms with van der Waals surface area (Å²) in [6.07, 6.45) is 7.78. The van der Waals surface area contributed by atoms with Gasteiger partial charge in [-0.1, -0.05) is 0 Å². The zero-order valence-electron chi connectivity index (χ0n) is 21.7. The van der Waals surface area contributed by atoms with Crippen molar-refractivity contribution in [2.45, 2.75) is 31.3 Å². The molecular formula is C28H28F2N4O4S. The van der Waals surface area contributed by atoms with Crippen molar-refractivity contribution in [1.29, 1.82) is 0 Å². The third kappa shape index (κ3) is 4.38. The zero-order valence-corrected chi connectivity index (χ0v) is 22.5. The van der Waals surface area contributed by atoms with Crippen LogP contribution in [0, 0.1) is 17.6 Å². The second kappa shape index (κ2) is 8.64. The van der Waals surface area contributed by atoms with Crippen molar-refractivity contribution < 1.29 is 22.0 Å². The molecular weight excluding hydrogens is 526 g/mol. The van der Waals surface area contributed by atoms with Gasteiger partial charge in [0.05, 0.1) is 34.7 Å². The van der Waals surface area contributed by atoms with Gasteiger partial charge in [-0.2, -0.15) is 0 Å². The van der Waals surface area contributed by atoms with Crippen LogP contribution in [-0.2, 0) is 21.7 Å². The molecule has 0 spiro atoms. The van der Waals surface area contributed by atoms with E-state index in [0.29, 0.717) is 33.5 Å². The van der Waals surface area contributed by atoms with Crippen LogP contribution in [0.1, 0.15) is 30.9 Å². The van der Waals surface area contributed by atoms with Gasteiger partial charge in [0, 0.05) is 49.4 Å². The first-order chi connectivity index (χ1) is 18.3. The minimum atomic E-state index is -3.49. The molecule has 0 radical (unpaired) electrons. The highest BCUT2D eigenvalue weighted by molar-refractivity contribution is 7.91. The Labute approximate surface area is 224 Å². The van der Waals surface area contributed by atoms with Crippen LogP contribution in [0.15, 0.2) is 58.7 Å². The lowest BCUT2D eigenvalue weighted by Crippen LogP contribution is -2.53. The van der Waals surface area contributed by atoms with Crippen molar-refractivity contribution in [3.8, 4) is 0 Å². The molecule has 1 fully saturated rings. The molecule has 4 aliphatic rings. The van der Waals surface area contributed by atoms with Gasteiger partial charge in [0.2, 0.25) is 5.91 Å². The molecule has 39 heavy (non-hydrogen) atoms. The van der Waals surface area contributed by atoms with E-state index >= 15 is 4.39 Å². The molecule has 8 nitrogen and oxygen atoms in total. The molecule has 1 aromatic carbocycles. The number of hydrogen-bond donors (Lipinski definition) is 2. The van der Waals surface area contributed by atoms with Gasteiger partial charge in [-0.15, -0.1) is 0 Å². The summed E-state index contributed by atoms with van der Waals surface area (Å²) in [6.45, 7) is 2.12. The third-order valence-corrected chi connectivity index (χ3v) is 8.73. The minimum absolute atomic E-state index is 0.0745. The molecule has 2 aromatic rings. The van der Waals surface area contributed by atoms with Crippen LogP contribution in [0.25, 0.3) is 11.3 Å². The number of anilines is 1. The van der Waals surface area contributed by atoms with Crippen molar-refractivity contribution in [2.75, 3.05) is 23.5 Å². The molecule has 0 bridgehead atoms. The standard InChI is InChI=1S/C28H28F2N4O4S/c1-28(7-8-28)32-26(35)19-12-31-24-22-15(13-34(25(19)22)21-5-4-17(29)11-20(21)30)10-16(14-39(3,37)38)18-6-9-33(2)27(36)23(18)24/h4-6,9-11,13,19,25,31H,7-8,12,14H2,1-3H3,(H,32,35). The largest absolute Gasteiger partial charge is 0.383 e. The lowest BCUT2D eigenvalue weighted by Gasteiger charge is -2.38. The minimum Gasteiger partial charge on any atom is -0.383 e. The lowest BCUT2D eigenvalue weighted by atomic mass is 9.84. The molecule has 6 rings (SSSR count). The van der Waals surface area contributed by atoms with Crippen LogP contribution < -0.4 is 21.1 Å². The summed E-state index contributed by atoms with van der Waals surface area (Å²) in [6, 6.07) is 4.25. The number of benzene rings is 1. The van der Waals surface area contributed by atoms with Crippen LogP contribution in [0.2, 0.25) is 0 Å². The molecule has 0 saturated heterocycles. The Kier molecular flexibility index (Phi) is 5.66. The quantitative estimate of drug-likeness (QED) is 0.589. The molecule has 2 atom stereocenters. The van der Waals surface area contributed by atoms with E-state index in [4.69, 9.17) is 0 Å². The van der Waals surface area contributed by atoms with Gasteiger partial charge in [0.15, 0.2) is 9.84 Å². The fraction of sp³-hybridized carbons (Fsp3) is 0.357. The van der Waals surface area contributed by atoms with E-state index in [9.17, 15) is 22.4 Å². The van der Waals surface area contributed by atoms with Gasteiger partial charge in [-0.05, 0) is 60.8 Å². The van der Waals surface area contributed by atoms with E-state index in [-0.39, 0.29) is 35.0 Å². The molecule has 2 aliphatic carbocycles. The van der Waals surface area contributed by atoms with Crippen LogP contribution in [0.3, 0.4) is 0 Å². The number of carbonyl (C=O) groups excluding carboxylic acids is 1. The number of hydrogen-bond acceptors (Lipinski definition) is 6. The van der Waals surface area contributed by atoms with E-state index in [2.05, 4.69) is 10.6 Å². The lowest BCUT2D eigenvalue weighted by molar-refractivity contribution is -0.126. The number of aromatic nitrogens is 1. The summed E-state index contributed by atoms with van der Waals surface area (Å²) in [5, 5.41) is 6.41. The Morgan fingerprint density at radius 3 is 2.64 bits per heavy atom. The second-order valence-corrected chi connectivity index (χ2v) is 13.3. The zero-order chi connectivity index (χ0) is 27.9. The van der Waals surface area contributed by atoms with Gasteiger partial charge >= 0.3 is 0 Å². The topological polar surface area (TPSA) is 101 Å².